The minimum atomic E-state index is 0. The first-order chi connectivity index (χ1) is 9.65. The van der Waals surface area contributed by atoms with Crippen molar-refractivity contribution in [3.05, 3.63) is 35.9 Å². The van der Waals surface area contributed by atoms with Crippen LogP contribution in [0.15, 0.2) is 35.3 Å². The van der Waals surface area contributed by atoms with E-state index in [0.29, 0.717) is 6.54 Å². The predicted molar refractivity (Wildman–Crippen MR) is 101 cm³/mol. The number of guanidine groups is 1. The number of hydrogen-bond donors (Lipinski definition) is 2. The fourth-order valence-corrected chi connectivity index (χ4v) is 2.07. The number of benzene rings is 1. The Labute approximate surface area is 142 Å². The Hall–Kier alpha value is -1.57. The third-order valence-electron chi connectivity index (χ3n) is 3.15. The fraction of sp³-hybridized carbons (Fsp3) is 0.333. The van der Waals surface area contributed by atoms with Crippen molar-refractivity contribution in [1.29, 1.82) is 0 Å². The molecule has 1 aromatic carbocycles. The van der Waals surface area contributed by atoms with E-state index in [1.54, 1.807) is 7.05 Å². The van der Waals surface area contributed by atoms with Crippen molar-refractivity contribution in [3.63, 3.8) is 0 Å². The molecule has 0 unspecified atom stereocenters. The Morgan fingerprint density at radius 3 is 2.62 bits per heavy atom. The summed E-state index contributed by atoms with van der Waals surface area (Å²) in [6, 6.07) is 10.3. The summed E-state index contributed by atoms with van der Waals surface area (Å²) >= 11 is 0. The van der Waals surface area contributed by atoms with E-state index in [9.17, 15) is 0 Å². The molecule has 2 aromatic rings. The Balaban J connectivity index is 0.00000220. The zero-order valence-corrected chi connectivity index (χ0v) is 15.2. The second-order valence-electron chi connectivity index (χ2n) is 4.73. The maximum atomic E-state index is 4.66. The lowest BCUT2D eigenvalue weighted by Gasteiger charge is -2.16. The number of halogens is 1. The van der Waals surface area contributed by atoms with Gasteiger partial charge in [0.25, 0.3) is 0 Å². The van der Waals surface area contributed by atoms with Crippen LogP contribution in [0, 0.1) is 0 Å². The van der Waals surface area contributed by atoms with E-state index in [4.69, 9.17) is 0 Å². The first-order valence-corrected chi connectivity index (χ1v) is 6.60. The van der Waals surface area contributed by atoms with Gasteiger partial charge in [0.2, 0.25) is 0 Å². The van der Waals surface area contributed by atoms with Crippen LogP contribution >= 0.6 is 24.0 Å². The lowest BCUT2D eigenvalue weighted by Crippen LogP contribution is -2.34. The summed E-state index contributed by atoms with van der Waals surface area (Å²) in [6.07, 6.45) is 0. The molecule has 2 rings (SSSR count). The highest BCUT2D eigenvalue weighted by Gasteiger charge is 2.07. The Morgan fingerprint density at radius 1 is 1.29 bits per heavy atom. The Bertz CT molecular complexity index is 624. The lowest BCUT2D eigenvalue weighted by atomic mass is 10.1. The number of nitrogens with one attached hydrogen (secondary N) is 2. The van der Waals surface area contributed by atoms with Crippen LogP contribution in [0.1, 0.15) is 5.56 Å². The van der Waals surface area contributed by atoms with Crippen molar-refractivity contribution < 1.29 is 0 Å². The van der Waals surface area contributed by atoms with Crippen LogP contribution in [0.2, 0.25) is 0 Å². The molecule has 0 bridgehead atoms. The first kappa shape index (κ1) is 17.5. The number of pyridine rings is 1. The lowest BCUT2D eigenvalue weighted by molar-refractivity contribution is 0.869. The molecule has 0 fully saturated rings. The molecule has 5 nitrogen and oxygen atoms in total. The fourth-order valence-electron chi connectivity index (χ4n) is 2.07. The van der Waals surface area contributed by atoms with Gasteiger partial charge >= 0.3 is 0 Å². The maximum Gasteiger partial charge on any atom is 0.190 e. The normalized spacial score (nSPS) is 11.0. The van der Waals surface area contributed by atoms with Crippen LogP contribution in [0.25, 0.3) is 10.9 Å². The first-order valence-electron chi connectivity index (χ1n) is 6.60. The number of aliphatic imine (C=N–C) groups is 1. The van der Waals surface area contributed by atoms with E-state index in [2.05, 4.69) is 32.7 Å². The largest absolute Gasteiger partial charge is 0.363 e. The van der Waals surface area contributed by atoms with Gasteiger partial charge in [-0.2, -0.15) is 0 Å². The van der Waals surface area contributed by atoms with E-state index in [1.807, 2.05) is 44.2 Å². The number of anilines is 1. The summed E-state index contributed by atoms with van der Waals surface area (Å²) < 4.78 is 0. The van der Waals surface area contributed by atoms with Crippen molar-refractivity contribution in [2.45, 2.75) is 6.54 Å². The molecule has 0 saturated heterocycles. The van der Waals surface area contributed by atoms with Crippen LogP contribution in [0.3, 0.4) is 0 Å². The number of fused-ring (bicyclic) bond motifs is 1. The summed E-state index contributed by atoms with van der Waals surface area (Å²) in [5, 5.41) is 7.47. The second-order valence-corrected chi connectivity index (χ2v) is 4.73. The van der Waals surface area contributed by atoms with E-state index < -0.39 is 0 Å². The summed E-state index contributed by atoms with van der Waals surface area (Å²) in [5.41, 5.74) is 2.21. The SMILES string of the molecule is CN=C(NC)NCc1cc(N(C)C)nc2ccccc12.I. The molecule has 0 amide bonds. The van der Waals surface area contributed by atoms with Gasteiger partial charge in [0, 0.05) is 40.1 Å². The molecule has 21 heavy (non-hydrogen) atoms. The number of rotatable bonds is 3. The zero-order chi connectivity index (χ0) is 14.5. The van der Waals surface area contributed by atoms with E-state index in [1.165, 1.54) is 5.56 Å². The molecule has 2 N–H and O–H groups in total. The molecular weight excluding hydrogens is 377 g/mol. The van der Waals surface area contributed by atoms with Gasteiger partial charge in [-0.3, -0.25) is 4.99 Å². The smallest absolute Gasteiger partial charge is 0.190 e. The third kappa shape index (κ3) is 4.20. The minimum Gasteiger partial charge on any atom is -0.363 e. The number of aromatic nitrogens is 1. The van der Waals surface area contributed by atoms with Crippen LogP contribution in [0.4, 0.5) is 5.82 Å². The summed E-state index contributed by atoms with van der Waals surface area (Å²) in [4.78, 5) is 10.8. The number of hydrogen-bond acceptors (Lipinski definition) is 3. The van der Waals surface area contributed by atoms with Crippen molar-refractivity contribution in [1.82, 2.24) is 15.6 Å². The van der Waals surface area contributed by atoms with Crippen LogP contribution in [0.5, 0.6) is 0 Å². The highest BCUT2D eigenvalue weighted by molar-refractivity contribution is 14.0. The molecule has 0 saturated carbocycles. The van der Waals surface area contributed by atoms with Gasteiger partial charge in [0.1, 0.15) is 5.82 Å². The molecular formula is C15H22IN5. The molecule has 114 valence electrons. The van der Waals surface area contributed by atoms with Gasteiger partial charge in [-0.15, -0.1) is 24.0 Å². The summed E-state index contributed by atoms with van der Waals surface area (Å²) in [7, 11) is 7.61. The molecule has 0 atom stereocenters. The number of nitrogens with zero attached hydrogens (tertiary/aromatic N) is 3. The molecule has 0 spiro atoms. The summed E-state index contributed by atoms with van der Waals surface area (Å²) in [6.45, 7) is 0.706. The quantitative estimate of drug-likeness (QED) is 0.472. The van der Waals surface area contributed by atoms with Crippen molar-refractivity contribution >= 4 is 46.7 Å². The van der Waals surface area contributed by atoms with Gasteiger partial charge in [0.05, 0.1) is 5.52 Å². The van der Waals surface area contributed by atoms with Crippen LogP contribution in [-0.2, 0) is 6.54 Å². The van der Waals surface area contributed by atoms with Crippen molar-refractivity contribution in [2.75, 3.05) is 33.1 Å². The highest BCUT2D eigenvalue weighted by atomic mass is 127. The van der Waals surface area contributed by atoms with Crippen LogP contribution < -0.4 is 15.5 Å². The van der Waals surface area contributed by atoms with Gasteiger partial charge in [-0.25, -0.2) is 4.98 Å². The highest BCUT2D eigenvalue weighted by Crippen LogP contribution is 2.21. The van der Waals surface area contributed by atoms with E-state index >= 15 is 0 Å². The van der Waals surface area contributed by atoms with Gasteiger partial charge in [-0.1, -0.05) is 18.2 Å². The van der Waals surface area contributed by atoms with E-state index in [0.717, 1.165) is 22.7 Å². The average Bonchev–Trinajstić information content (AvgIpc) is 2.47. The van der Waals surface area contributed by atoms with Gasteiger partial charge in [-0.05, 0) is 17.7 Å². The molecule has 0 aliphatic carbocycles. The molecule has 6 heteroatoms. The topological polar surface area (TPSA) is 52.6 Å². The summed E-state index contributed by atoms with van der Waals surface area (Å²) in [5.74, 6) is 1.73. The maximum absolute atomic E-state index is 4.66. The second kappa shape index (κ2) is 8.02. The Kier molecular flexibility index (Phi) is 6.67. The Morgan fingerprint density at radius 2 is 2.00 bits per heavy atom. The van der Waals surface area contributed by atoms with Crippen molar-refractivity contribution in [2.24, 2.45) is 4.99 Å². The molecule has 0 aliphatic heterocycles. The van der Waals surface area contributed by atoms with Crippen LogP contribution in [-0.4, -0.2) is 39.1 Å². The average molecular weight is 399 g/mol. The third-order valence-corrected chi connectivity index (χ3v) is 3.15. The molecule has 1 aromatic heterocycles. The standard InChI is InChI=1S/C15H21N5.HI/c1-16-15(17-2)18-10-11-9-14(20(3)4)19-13-8-6-5-7-12(11)13;/h5-9H,10H2,1-4H3,(H2,16,17,18);1H. The molecule has 0 aliphatic rings. The number of para-hydroxylation sites is 1. The molecule has 1 heterocycles. The predicted octanol–water partition coefficient (Wildman–Crippen LogP) is 2.21. The zero-order valence-electron chi connectivity index (χ0n) is 12.8. The minimum absolute atomic E-state index is 0. The van der Waals surface area contributed by atoms with E-state index in [-0.39, 0.29) is 24.0 Å². The van der Waals surface area contributed by atoms with Gasteiger partial charge < -0.3 is 15.5 Å². The monoisotopic (exact) mass is 399 g/mol. The van der Waals surface area contributed by atoms with Crippen molar-refractivity contribution in [3.8, 4) is 0 Å². The van der Waals surface area contributed by atoms with Gasteiger partial charge in [0.15, 0.2) is 5.96 Å². The molecule has 0 radical (unpaired) electrons.